The van der Waals surface area contributed by atoms with Crippen molar-refractivity contribution < 1.29 is 4.42 Å². The molecule has 3 nitrogen and oxygen atoms in total. The highest BCUT2D eigenvalue weighted by molar-refractivity contribution is 6.11. The average molecular weight is 250 g/mol. The van der Waals surface area contributed by atoms with Crippen molar-refractivity contribution in [2.24, 2.45) is 0 Å². The highest BCUT2D eigenvalue weighted by Crippen LogP contribution is 2.34. The first-order valence-corrected chi connectivity index (χ1v) is 6.42. The zero-order valence-electron chi connectivity index (χ0n) is 10.7. The molecule has 3 rings (SSSR count). The quantitative estimate of drug-likeness (QED) is 0.754. The number of nitrogens with zero attached hydrogens (tertiary/aromatic N) is 1. The van der Waals surface area contributed by atoms with Crippen molar-refractivity contribution in [3.05, 3.63) is 42.0 Å². The molecule has 94 valence electrons. The average Bonchev–Trinajstić information content (AvgIpc) is 2.82. The first-order valence-electron chi connectivity index (χ1n) is 6.42. The predicted octanol–water partition coefficient (Wildman–Crippen LogP) is 4.28. The van der Waals surface area contributed by atoms with E-state index in [-0.39, 0.29) is 0 Å². The van der Waals surface area contributed by atoms with Crippen LogP contribution < -0.4 is 5.32 Å². The molecule has 0 aliphatic rings. The second-order valence-electron chi connectivity index (χ2n) is 4.53. The Morgan fingerprint density at radius 2 is 2.11 bits per heavy atom. The van der Waals surface area contributed by atoms with Gasteiger partial charge in [-0.1, -0.05) is 13.0 Å². The van der Waals surface area contributed by atoms with Gasteiger partial charge in [-0.2, -0.15) is 5.26 Å². The Kier molecular flexibility index (Phi) is 2.85. The van der Waals surface area contributed by atoms with E-state index in [1.807, 2.05) is 24.3 Å². The van der Waals surface area contributed by atoms with Gasteiger partial charge in [0, 0.05) is 17.6 Å². The Labute approximate surface area is 111 Å². The lowest BCUT2D eigenvalue weighted by molar-refractivity contribution is 0.669. The van der Waals surface area contributed by atoms with Gasteiger partial charge in [-0.25, -0.2) is 0 Å². The summed E-state index contributed by atoms with van der Waals surface area (Å²) >= 11 is 0. The van der Waals surface area contributed by atoms with E-state index in [2.05, 4.69) is 24.4 Å². The molecule has 0 saturated heterocycles. The van der Waals surface area contributed by atoms with Crippen molar-refractivity contribution in [1.29, 1.82) is 5.26 Å². The lowest BCUT2D eigenvalue weighted by Gasteiger charge is -2.05. The highest BCUT2D eigenvalue weighted by Gasteiger charge is 2.10. The van der Waals surface area contributed by atoms with E-state index in [9.17, 15) is 0 Å². The number of anilines is 1. The van der Waals surface area contributed by atoms with Crippen LogP contribution in [0, 0.1) is 11.3 Å². The van der Waals surface area contributed by atoms with Gasteiger partial charge in [0.15, 0.2) is 0 Å². The molecule has 0 amide bonds. The minimum Gasteiger partial charge on any atom is -0.456 e. The summed E-state index contributed by atoms with van der Waals surface area (Å²) in [5.41, 5.74) is 3.32. The summed E-state index contributed by atoms with van der Waals surface area (Å²) < 4.78 is 5.82. The Morgan fingerprint density at radius 3 is 2.89 bits per heavy atom. The van der Waals surface area contributed by atoms with E-state index in [4.69, 9.17) is 9.68 Å². The highest BCUT2D eigenvalue weighted by atomic mass is 16.3. The standard InChI is InChI=1S/C16H14N2O/c1-2-8-18-13-4-3-5-14-16(13)12-7-6-11(10-17)9-15(12)19-14/h3-7,9,18H,2,8H2,1H3. The van der Waals surface area contributed by atoms with E-state index < -0.39 is 0 Å². The summed E-state index contributed by atoms with van der Waals surface area (Å²) in [5.74, 6) is 0. The van der Waals surface area contributed by atoms with E-state index in [0.29, 0.717) is 5.56 Å². The van der Waals surface area contributed by atoms with Gasteiger partial charge in [0.2, 0.25) is 0 Å². The first-order chi connectivity index (χ1) is 9.33. The molecule has 1 N–H and O–H groups in total. The van der Waals surface area contributed by atoms with Crippen molar-refractivity contribution in [2.75, 3.05) is 11.9 Å². The number of benzene rings is 2. The molecule has 2 aromatic carbocycles. The van der Waals surface area contributed by atoms with Crippen molar-refractivity contribution in [2.45, 2.75) is 13.3 Å². The molecule has 0 saturated carbocycles. The molecule has 0 aliphatic heterocycles. The summed E-state index contributed by atoms with van der Waals surface area (Å²) in [6, 6.07) is 13.7. The van der Waals surface area contributed by atoms with E-state index in [1.54, 1.807) is 6.07 Å². The minimum atomic E-state index is 0.620. The third kappa shape index (κ3) is 1.92. The van der Waals surface area contributed by atoms with Crippen LogP contribution in [0.2, 0.25) is 0 Å². The van der Waals surface area contributed by atoms with Crippen LogP contribution in [0.3, 0.4) is 0 Å². The van der Waals surface area contributed by atoms with Gasteiger partial charge in [-0.05, 0) is 36.8 Å². The molecule has 0 unspecified atom stereocenters. The molecule has 0 fully saturated rings. The predicted molar refractivity (Wildman–Crippen MR) is 77.2 cm³/mol. The number of nitriles is 1. The second-order valence-corrected chi connectivity index (χ2v) is 4.53. The van der Waals surface area contributed by atoms with Crippen molar-refractivity contribution in [3.63, 3.8) is 0 Å². The summed E-state index contributed by atoms with van der Waals surface area (Å²) in [6.07, 6.45) is 1.07. The van der Waals surface area contributed by atoms with Crippen LogP contribution in [-0.4, -0.2) is 6.54 Å². The van der Waals surface area contributed by atoms with Crippen LogP contribution in [0.4, 0.5) is 5.69 Å². The fraction of sp³-hybridized carbons (Fsp3) is 0.188. The Bertz CT molecular complexity index is 780. The Morgan fingerprint density at radius 1 is 1.21 bits per heavy atom. The molecule has 1 aromatic heterocycles. The molecule has 0 bridgehead atoms. The maximum absolute atomic E-state index is 8.94. The largest absolute Gasteiger partial charge is 0.456 e. The van der Waals surface area contributed by atoms with Crippen LogP contribution in [0.25, 0.3) is 21.9 Å². The topological polar surface area (TPSA) is 49.0 Å². The number of furan rings is 1. The molecular weight excluding hydrogens is 236 g/mol. The van der Waals surface area contributed by atoms with E-state index in [1.165, 1.54) is 0 Å². The van der Waals surface area contributed by atoms with Gasteiger partial charge >= 0.3 is 0 Å². The molecule has 0 spiro atoms. The third-order valence-electron chi connectivity index (χ3n) is 3.19. The lowest BCUT2D eigenvalue weighted by atomic mass is 10.1. The Balaban J connectivity index is 2.26. The number of fused-ring (bicyclic) bond motifs is 3. The second kappa shape index (κ2) is 4.66. The Hall–Kier alpha value is -2.47. The first kappa shape index (κ1) is 11.6. The lowest BCUT2D eigenvalue weighted by Crippen LogP contribution is -1.99. The molecule has 0 aliphatic carbocycles. The molecule has 0 atom stereocenters. The van der Waals surface area contributed by atoms with Crippen molar-refractivity contribution in [1.82, 2.24) is 0 Å². The van der Waals surface area contributed by atoms with Crippen LogP contribution in [-0.2, 0) is 0 Å². The zero-order chi connectivity index (χ0) is 13.2. The maximum Gasteiger partial charge on any atom is 0.137 e. The third-order valence-corrected chi connectivity index (χ3v) is 3.19. The molecule has 3 heteroatoms. The number of nitrogens with one attached hydrogen (secondary N) is 1. The van der Waals surface area contributed by atoms with Crippen LogP contribution in [0.15, 0.2) is 40.8 Å². The molecule has 3 aromatic rings. The molecular formula is C16H14N2O. The summed E-state index contributed by atoms with van der Waals surface area (Å²) in [5, 5.41) is 14.5. The molecule has 0 radical (unpaired) electrons. The normalized spacial score (nSPS) is 10.7. The summed E-state index contributed by atoms with van der Waals surface area (Å²) in [7, 11) is 0. The van der Waals surface area contributed by atoms with Crippen molar-refractivity contribution >= 4 is 27.6 Å². The van der Waals surface area contributed by atoms with Gasteiger partial charge in [-0.3, -0.25) is 0 Å². The van der Waals surface area contributed by atoms with Crippen molar-refractivity contribution in [3.8, 4) is 6.07 Å². The SMILES string of the molecule is CCCNc1cccc2oc3cc(C#N)ccc3c12. The summed E-state index contributed by atoms with van der Waals surface area (Å²) in [4.78, 5) is 0. The van der Waals surface area contributed by atoms with Crippen LogP contribution in [0.5, 0.6) is 0 Å². The number of rotatable bonds is 3. The van der Waals surface area contributed by atoms with Gasteiger partial charge < -0.3 is 9.73 Å². The van der Waals surface area contributed by atoms with E-state index >= 15 is 0 Å². The van der Waals surface area contributed by atoms with Crippen LogP contribution >= 0.6 is 0 Å². The van der Waals surface area contributed by atoms with E-state index in [0.717, 1.165) is 40.6 Å². The maximum atomic E-state index is 8.94. The molecule has 19 heavy (non-hydrogen) atoms. The van der Waals surface area contributed by atoms with Gasteiger partial charge in [0.25, 0.3) is 0 Å². The smallest absolute Gasteiger partial charge is 0.137 e. The molecule has 1 heterocycles. The van der Waals surface area contributed by atoms with Gasteiger partial charge in [0.05, 0.1) is 17.0 Å². The monoisotopic (exact) mass is 250 g/mol. The summed E-state index contributed by atoms with van der Waals surface area (Å²) in [6.45, 7) is 3.07. The fourth-order valence-corrected chi connectivity index (χ4v) is 2.30. The number of hydrogen-bond acceptors (Lipinski definition) is 3. The zero-order valence-corrected chi connectivity index (χ0v) is 10.7. The number of hydrogen-bond donors (Lipinski definition) is 1. The van der Waals surface area contributed by atoms with Gasteiger partial charge in [-0.15, -0.1) is 0 Å². The van der Waals surface area contributed by atoms with Crippen LogP contribution in [0.1, 0.15) is 18.9 Å². The fourth-order valence-electron chi connectivity index (χ4n) is 2.30. The van der Waals surface area contributed by atoms with Gasteiger partial charge in [0.1, 0.15) is 11.2 Å². The minimum absolute atomic E-state index is 0.620.